The van der Waals surface area contributed by atoms with Gasteiger partial charge in [0.05, 0.1) is 18.4 Å². The third-order valence-electron chi connectivity index (χ3n) is 2.38. The third kappa shape index (κ3) is 2.40. The Kier molecular flexibility index (Phi) is 4.79. The number of halogens is 1. The fourth-order valence-corrected chi connectivity index (χ4v) is 2.60. The van der Waals surface area contributed by atoms with Gasteiger partial charge in [-0.2, -0.15) is 0 Å². The molecule has 0 saturated carbocycles. The largest absolute Gasteiger partial charge is 1.00 e. The summed E-state index contributed by atoms with van der Waals surface area (Å²) in [5.74, 6) is 0.880. The van der Waals surface area contributed by atoms with E-state index >= 15 is 0 Å². The van der Waals surface area contributed by atoms with Crippen molar-refractivity contribution in [2.75, 3.05) is 12.8 Å². The molecule has 0 aliphatic heterocycles. The smallest absolute Gasteiger partial charge is 0.332 e. The van der Waals surface area contributed by atoms with Crippen LogP contribution in [-0.2, 0) is 6.54 Å². The summed E-state index contributed by atoms with van der Waals surface area (Å²) in [6.45, 7) is 3.11. The molecule has 0 fully saturated rings. The second-order valence-electron chi connectivity index (χ2n) is 3.43. The number of ether oxygens (including phenoxy) is 1. The highest BCUT2D eigenvalue weighted by Crippen LogP contribution is 2.25. The fourth-order valence-electron chi connectivity index (χ4n) is 1.66. The van der Waals surface area contributed by atoms with Crippen LogP contribution < -0.4 is 39.0 Å². The summed E-state index contributed by atoms with van der Waals surface area (Å²) in [6, 6.07) is 6.06. The Bertz CT molecular complexity index is 484. The van der Waals surface area contributed by atoms with Crippen LogP contribution in [-0.4, -0.2) is 7.11 Å². The minimum atomic E-state index is 0. The van der Waals surface area contributed by atoms with Crippen LogP contribution in [0.15, 0.2) is 18.2 Å². The van der Waals surface area contributed by atoms with E-state index in [9.17, 15) is 0 Å². The number of fused-ring (bicyclic) bond motifs is 1. The molecule has 1 heterocycles. The van der Waals surface area contributed by atoms with Crippen molar-refractivity contribution in [3.63, 3.8) is 0 Å². The normalized spacial score (nSPS) is 10.1. The lowest BCUT2D eigenvalue weighted by Crippen LogP contribution is -3.00. The SMILES string of the molecule is CCC[n+]1c(N)sc2ccc(OC)cc21.[I-]. The number of nitrogen functional groups attached to an aromatic ring is 1. The molecule has 1 aromatic heterocycles. The molecule has 0 amide bonds. The molecular weight excluding hydrogens is 335 g/mol. The van der Waals surface area contributed by atoms with Crippen LogP contribution in [0.3, 0.4) is 0 Å². The molecule has 0 unspecified atom stereocenters. The summed E-state index contributed by atoms with van der Waals surface area (Å²) in [5.41, 5.74) is 7.14. The van der Waals surface area contributed by atoms with E-state index in [1.807, 2.05) is 12.1 Å². The van der Waals surface area contributed by atoms with Gasteiger partial charge in [0.15, 0.2) is 0 Å². The highest BCUT2D eigenvalue weighted by atomic mass is 127. The van der Waals surface area contributed by atoms with E-state index in [-0.39, 0.29) is 24.0 Å². The molecule has 2 aromatic rings. The van der Waals surface area contributed by atoms with Gasteiger partial charge in [-0.25, -0.2) is 4.57 Å². The maximum absolute atomic E-state index is 5.97. The minimum Gasteiger partial charge on any atom is -1.00 e. The molecule has 3 nitrogen and oxygen atoms in total. The average molecular weight is 350 g/mol. The van der Waals surface area contributed by atoms with E-state index < -0.39 is 0 Å². The van der Waals surface area contributed by atoms with Crippen LogP contribution in [0.4, 0.5) is 5.13 Å². The Hall–Kier alpha value is -0.560. The van der Waals surface area contributed by atoms with E-state index in [0.717, 1.165) is 23.8 Å². The lowest BCUT2D eigenvalue weighted by molar-refractivity contribution is -0.653. The number of hydrogen-bond acceptors (Lipinski definition) is 3. The molecule has 0 aliphatic rings. The van der Waals surface area contributed by atoms with Crippen molar-refractivity contribution in [1.29, 1.82) is 0 Å². The summed E-state index contributed by atoms with van der Waals surface area (Å²) in [5, 5.41) is 0.861. The second kappa shape index (κ2) is 5.67. The van der Waals surface area contributed by atoms with Gasteiger partial charge < -0.3 is 28.7 Å². The van der Waals surface area contributed by atoms with Crippen molar-refractivity contribution in [3.05, 3.63) is 18.2 Å². The van der Waals surface area contributed by atoms with Crippen LogP contribution in [0.1, 0.15) is 13.3 Å². The molecule has 0 aliphatic carbocycles. The predicted octanol–water partition coefficient (Wildman–Crippen LogP) is -0.806. The van der Waals surface area contributed by atoms with Crippen molar-refractivity contribution in [2.24, 2.45) is 0 Å². The van der Waals surface area contributed by atoms with E-state index in [0.29, 0.717) is 0 Å². The number of aromatic nitrogens is 1. The molecule has 5 heteroatoms. The molecular formula is C11H15IN2OS. The summed E-state index contributed by atoms with van der Waals surface area (Å²) in [4.78, 5) is 0. The van der Waals surface area contributed by atoms with Gasteiger partial charge in [-0.3, -0.25) is 5.73 Å². The van der Waals surface area contributed by atoms with Gasteiger partial charge in [0.1, 0.15) is 11.3 Å². The van der Waals surface area contributed by atoms with Crippen molar-refractivity contribution in [2.45, 2.75) is 19.9 Å². The lowest BCUT2D eigenvalue weighted by Gasteiger charge is -2.00. The third-order valence-corrected chi connectivity index (χ3v) is 3.38. The number of rotatable bonds is 3. The van der Waals surface area contributed by atoms with E-state index in [1.165, 1.54) is 10.2 Å². The van der Waals surface area contributed by atoms with Gasteiger partial charge in [-0.1, -0.05) is 6.92 Å². The number of aryl methyl sites for hydroxylation is 1. The van der Waals surface area contributed by atoms with Gasteiger partial charge in [0.2, 0.25) is 0 Å². The first-order valence-electron chi connectivity index (χ1n) is 5.02. The topological polar surface area (TPSA) is 39.1 Å². The molecule has 2 rings (SSSR count). The number of hydrogen-bond donors (Lipinski definition) is 1. The van der Waals surface area contributed by atoms with Gasteiger partial charge >= 0.3 is 5.13 Å². The van der Waals surface area contributed by atoms with Gasteiger partial charge in [0.25, 0.3) is 0 Å². The van der Waals surface area contributed by atoms with E-state index in [4.69, 9.17) is 10.5 Å². The summed E-state index contributed by atoms with van der Waals surface area (Å²) in [7, 11) is 1.68. The zero-order valence-electron chi connectivity index (χ0n) is 9.37. The highest BCUT2D eigenvalue weighted by molar-refractivity contribution is 7.21. The van der Waals surface area contributed by atoms with Crippen molar-refractivity contribution >= 4 is 26.7 Å². The van der Waals surface area contributed by atoms with Crippen LogP contribution >= 0.6 is 11.3 Å². The average Bonchev–Trinajstić information content (AvgIpc) is 2.55. The number of thiazole rings is 1. The van der Waals surface area contributed by atoms with E-state index in [2.05, 4.69) is 17.6 Å². The van der Waals surface area contributed by atoms with Gasteiger partial charge in [0, 0.05) is 6.07 Å². The standard InChI is InChI=1S/C11H14N2OS.HI/c1-3-6-13-9-7-8(14-2)4-5-10(9)15-11(13)12;/h4-5,7,12H,3,6H2,1-2H3;1H. The molecule has 0 spiro atoms. The van der Waals surface area contributed by atoms with Crippen LogP contribution in [0.2, 0.25) is 0 Å². The number of benzene rings is 1. The molecule has 0 saturated heterocycles. The highest BCUT2D eigenvalue weighted by Gasteiger charge is 2.14. The molecule has 0 bridgehead atoms. The fraction of sp³-hybridized carbons (Fsp3) is 0.364. The molecule has 2 N–H and O–H groups in total. The Balaban J connectivity index is 0.00000128. The lowest BCUT2D eigenvalue weighted by atomic mass is 10.3. The monoisotopic (exact) mass is 350 g/mol. The van der Waals surface area contributed by atoms with Gasteiger partial charge in [-0.05, 0) is 29.9 Å². The van der Waals surface area contributed by atoms with Crippen LogP contribution in [0.25, 0.3) is 10.2 Å². The zero-order chi connectivity index (χ0) is 10.8. The van der Waals surface area contributed by atoms with Gasteiger partial charge in [-0.15, -0.1) is 0 Å². The van der Waals surface area contributed by atoms with Crippen molar-refractivity contribution in [1.82, 2.24) is 0 Å². The van der Waals surface area contributed by atoms with Crippen LogP contribution in [0.5, 0.6) is 5.75 Å². The number of nitrogens with zero attached hydrogens (tertiary/aromatic N) is 1. The summed E-state index contributed by atoms with van der Waals surface area (Å²) < 4.78 is 8.57. The molecule has 1 aromatic carbocycles. The van der Waals surface area contributed by atoms with Crippen molar-refractivity contribution in [3.8, 4) is 5.75 Å². The maximum atomic E-state index is 5.97. The second-order valence-corrected chi connectivity index (χ2v) is 4.49. The summed E-state index contributed by atoms with van der Waals surface area (Å²) >= 11 is 1.62. The van der Waals surface area contributed by atoms with Crippen molar-refractivity contribution < 1.29 is 33.3 Å². The zero-order valence-corrected chi connectivity index (χ0v) is 12.3. The summed E-state index contributed by atoms with van der Waals surface area (Å²) in [6.07, 6.45) is 1.08. The molecule has 16 heavy (non-hydrogen) atoms. The quantitative estimate of drug-likeness (QED) is 0.581. The predicted molar refractivity (Wildman–Crippen MR) is 63.3 cm³/mol. The number of anilines is 1. The maximum Gasteiger partial charge on any atom is 0.332 e. The number of methoxy groups -OCH3 is 1. The first-order chi connectivity index (χ1) is 7.26. The first-order valence-corrected chi connectivity index (χ1v) is 5.83. The molecule has 0 radical (unpaired) electrons. The first kappa shape index (κ1) is 13.5. The Morgan fingerprint density at radius 3 is 2.81 bits per heavy atom. The Morgan fingerprint density at radius 1 is 1.44 bits per heavy atom. The number of nitrogens with two attached hydrogens (primary N) is 1. The Labute approximate surface area is 116 Å². The molecule has 88 valence electrons. The molecule has 0 atom stereocenters. The minimum absolute atomic E-state index is 0. The van der Waals surface area contributed by atoms with Crippen LogP contribution in [0, 0.1) is 0 Å². The Morgan fingerprint density at radius 2 is 2.19 bits per heavy atom. The van der Waals surface area contributed by atoms with E-state index in [1.54, 1.807) is 18.4 Å².